The van der Waals surface area contributed by atoms with Crippen LogP contribution in [0.25, 0.3) is 0 Å². The van der Waals surface area contributed by atoms with Crippen molar-refractivity contribution in [3.05, 3.63) is 58.1 Å². The standard InChI is InChI=1S/C17H19ClN2O/c1-11-7-8-12(2)16(9-11)20-17(21)10-19-15-6-4-5-14(18)13(15)3/h4-9,19H,10H2,1-3H3,(H,20,21). The average Bonchev–Trinajstić information content (AvgIpc) is 2.44. The van der Waals surface area contributed by atoms with Crippen molar-refractivity contribution in [3.63, 3.8) is 0 Å². The minimum absolute atomic E-state index is 0.0805. The van der Waals surface area contributed by atoms with E-state index in [0.717, 1.165) is 28.1 Å². The smallest absolute Gasteiger partial charge is 0.243 e. The molecule has 3 nitrogen and oxygen atoms in total. The Bertz CT molecular complexity index is 668. The molecule has 0 aliphatic heterocycles. The lowest BCUT2D eigenvalue weighted by Crippen LogP contribution is -2.22. The van der Waals surface area contributed by atoms with Gasteiger partial charge in [-0.3, -0.25) is 4.79 Å². The topological polar surface area (TPSA) is 41.1 Å². The third-order valence-electron chi connectivity index (χ3n) is 3.37. The quantitative estimate of drug-likeness (QED) is 0.883. The fourth-order valence-electron chi connectivity index (χ4n) is 2.04. The highest BCUT2D eigenvalue weighted by Gasteiger charge is 2.07. The zero-order chi connectivity index (χ0) is 15.4. The zero-order valence-electron chi connectivity index (χ0n) is 12.5. The second-order valence-electron chi connectivity index (χ2n) is 5.13. The van der Waals surface area contributed by atoms with E-state index in [1.807, 2.05) is 57.2 Å². The molecule has 2 aromatic rings. The van der Waals surface area contributed by atoms with E-state index in [2.05, 4.69) is 10.6 Å². The van der Waals surface area contributed by atoms with E-state index < -0.39 is 0 Å². The van der Waals surface area contributed by atoms with Gasteiger partial charge in [0.2, 0.25) is 5.91 Å². The van der Waals surface area contributed by atoms with Crippen LogP contribution in [0.3, 0.4) is 0 Å². The van der Waals surface area contributed by atoms with Crippen LogP contribution in [0.1, 0.15) is 16.7 Å². The minimum atomic E-state index is -0.0805. The van der Waals surface area contributed by atoms with Crippen molar-refractivity contribution in [3.8, 4) is 0 Å². The summed E-state index contributed by atoms with van der Waals surface area (Å²) in [5.41, 5.74) is 4.84. The second-order valence-corrected chi connectivity index (χ2v) is 5.54. The highest BCUT2D eigenvalue weighted by Crippen LogP contribution is 2.22. The maximum absolute atomic E-state index is 12.0. The molecule has 0 aliphatic carbocycles. The summed E-state index contributed by atoms with van der Waals surface area (Å²) in [7, 11) is 0. The number of anilines is 2. The number of rotatable bonds is 4. The molecule has 0 saturated heterocycles. The molecule has 21 heavy (non-hydrogen) atoms. The molecule has 0 aromatic heterocycles. The number of aryl methyl sites for hydroxylation is 2. The zero-order valence-corrected chi connectivity index (χ0v) is 13.2. The minimum Gasteiger partial charge on any atom is -0.376 e. The van der Waals surface area contributed by atoms with Gasteiger partial charge in [0.05, 0.1) is 6.54 Å². The van der Waals surface area contributed by atoms with Gasteiger partial charge >= 0.3 is 0 Å². The first kappa shape index (κ1) is 15.4. The number of carbonyl (C=O) groups is 1. The van der Waals surface area contributed by atoms with Gasteiger partial charge in [0.25, 0.3) is 0 Å². The summed E-state index contributed by atoms with van der Waals surface area (Å²) in [6.07, 6.45) is 0. The Labute approximate surface area is 130 Å². The van der Waals surface area contributed by atoms with Crippen molar-refractivity contribution in [2.45, 2.75) is 20.8 Å². The summed E-state index contributed by atoms with van der Waals surface area (Å²) < 4.78 is 0. The van der Waals surface area contributed by atoms with Crippen LogP contribution in [-0.4, -0.2) is 12.5 Å². The predicted molar refractivity (Wildman–Crippen MR) is 89.2 cm³/mol. The van der Waals surface area contributed by atoms with Crippen molar-refractivity contribution in [1.29, 1.82) is 0 Å². The molecule has 2 aromatic carbocycles. The first-order valence-corrected chi connectivity index (χ1v) is 7.21. The molecule has 0 fully saturated rings. The van der Waals surface area contributed by atoms with E-state index in [-0.39, 0.29) is 12.5 Å². The lowest BCUT2D eigenvalue weighted by atomic mass is 10.1. The number of hydrogen-bond donors (Lipinski definition) is 2. The average molecular weight is 303 g/mol. The molecule has 4 heteroatoms. The number of halogens is 1. The molecule has 1 amide bonds. The van der Waals surface area contributed by atoms with Crippen LogP contribution < -0.4 is 10.6 Å². The summed E-state index contributed by atoms with van der Waals surface area (Å²) in [6, 6.07) is 11.6. The molecule has 0 radical (unpaired) electrons. The van der Waals surface area contributed by atoms with E-state index in [1.54, 1.807) is 0 Å². The Kier molecular flexibility index (Phi) is 4.86. The molecule has 0 saturated carbocycles. The van der Waals surface area contributed by atoms with E-state index >= 15 is 0 Å². The molecule has 2 rings (SSSR count). The summed E-state index contributed by atoms with van der Waals surface area (Å²) in [4.78, 5) is 12.0. The van der Waals surface area contributed by atoms with Gasteiger partial charge in [-0.05, 0) is 55.7 Å². The lowest BCUT2D eigenvalue weighted by molar-refractivity contribution is -0.114. The van der Waals surface area contributed by atoms with Crippen LogP contribution in [0.4, 0.5) is 11.4 Å². The molecular formula is C17H19ClN2O. The van der Waals surface area contributed by atoms with Crippen LogP contribution in [0.5, 0.6) is 0 Å². The van der Waals surface area contributed by atoms with Crippen molar-refractivity contribution >= 4 is 28.9 Å². The van der Waals surface area contributed by atoms with Crippen LogP contribution in [0, 0.1) is 20.8 Å². The van der Waals surface area contributed by atoms with Gasteiger partial charge < -0.3 is 10.6 Å². The van der Waals surface area contributed by atoms with Crippen molar-refractivity contribution < 1.29 is 4.79 Å². The lowest BCUT2D eigenvalue weighted by Gasteiger charge is -2.12. The van der Waals surface area contributed by atoms with Crippen LogP contribution >= 0.6 is 11.6 Å². The molecule has 0 unspecified atom stereocenters. The van der Waals surface area contributed by atoms with Crippen molar-refractivity contribution in [2.24, 2.45) is 0 Å². The van der Waals surface area contributed by atoms with E-state index in [9.17, 15) is 4.79 Å². The van der Waals surface area contributed by atoms with Crippen molar-refractivity contribution in [2.75, 3.05) is 17.2 Å². The second kappa shape index (κ2) is 6.64. The Balaban J connectivity index is 1.99. The predicted octanol–water partition coefficient (Wildman–Crippen LogP) is 4.32. The summed E-state index contributed by atoms with van der Waals surface area (Å²) in [6.45, 7) is 6.11. The maximum Gasteiger partial charge on any atom is 0.243 e. The van der Waals surface area contributed by atoms with Gasteiger partial charge in [0.1, 0.15) is 0 Å². The molecule has 0 bridgehead atoms. The van der Waals surface area contributed by atoms with Gasteiger partial charge in [0.15, 0.2) is 0 Å². The fourth-order valence-corrected chi connectivity index (χ4v) is 2.21. The van der Waals surface area contributed by atoms with Crippen LogP contribution in [-0.2, 0) is 4.79 Å². The van der Waals surface area contributed by atoms with E-state index in [1.165, 1.54) is 0 Å². The number of benzene rings is 2. The highest BCUT2D eigenvalue weighted by molar-refractivity contribution is 6.31. The molecular weight excluding hydrogens is 284 g/mol. The van der Waals surface area contributed by atoms with Gasteiger partial charge in [0, 0.05) is 16.4 Å². The highest BCUT2D eigenvalue weighted by atomic mass is 35.5. The Morgan fingerprint density at radius 3 is 2.62 bits per heavy atom. The van der Waals surface area contributed by atoms with Crippen LogP contribution in [0.2, 0.25) is 5.02 Å². The fraction of sp³-hybridized carbons (Fsp3) is 0.235. The Morgan fingerprint density at radius 1 is 1.10 bits per heavy atom. The normalized spacial score (nSPS) is 10.3. The van der Waals surface area contributed by atoms with Gasteiger partial charge in [-0.2, -0.15) is 0 Å². The van der Waals surface area contributed by atoms with Crippen molar-refractivity contribution in [1.82, 2.24) is 0 Å². The molecule has 110 valence electrons. The molecule has 0 aliphatic rings. The molecule has 0 atom stereocenters. The van der Waals surface area contributed by atoms with Crippen LogP contribution in [0.15, 0.2) is 36.4 Å². The largest absolute Gasteiger partial charge is 0.376 e. The molecule has 0 heterocycles. The summed E-state index contributed by atoms with van der Waals surface area (Å²) in [5, 5.41) is 6.72. The number of amides is 1. The Hall–Kier alpha value is -2.00. The van der Waals surface area contributed by atoms with Gasteiger partial charge in [-0.1, -0.05) is 29.8 Å². The summed E-state index contributed by atoms with van der Waals surface area (Å²) >= 11 is 6.06. The monoisotopic (exact) mass is 302 g/mol. The maximum atomic E-state index is 12.0. The SMILES string of the molecule is Cc1ccc(C)c(NC(=O)CNc2cccc(Cl)c2C)c1. The summed E-state index contributed by atoms with van der Waals surface area (Å²) in [5.74, 6) is -0.0805. The third kappa shape index (κ3) is 3.99. The molecule has 0 spiro atoms. The van der Waals surface area contributed by atoms with E-state index in [0.29, 0.717) is 5.02 Å². The van der Waals surface area contributed by atoms with Gasteiger partial charge in [-0.15, -0.1) is 0 Å². The van der Waals surface area contributed by atoms with Gasteiger partial charge in [-0.25, -0.2) is 0 Å². The number of hydrogen-bond acceptors (Lipinski definition) is 2. The Morgan fingerprint density at radius 2 is 1.86 bits per heavy atom. The first-order valence-electron chi connectivity index (χ1n) is 6.83. The number of carbonyl (C=O) groups excluding carboxylic acids is 1. The molecule has 2 N–H and O–H groups in total. The number of nitrogens with one attached hydrogen (secondary N) is 2. The third-order valence-corrected chi connectivity index (χ3v) is 3.78. The van der Waals surface area contributed by atoms with E-state index in [4.69, 9.17) is 11.6 Å². The first-order chi connectivity index (χ1) is 9.97.